The molecule has 1 aromatic heterocycles. The molecule has 0 unspecified atom stereocenters. The number of amides is 9. The molecule has 6 N–H and O–H groups in total. The Labute approximate surface area is 618 Å². The Morgan fingerprint density at radius 2 is 1.36 bits per heavy atom. The molecule has 1 spiro atoms. The van der Waals surface area contributed by atoms with Crippen LogP contribution in [0.5, 0.6) is 28.7 Å². The zero-order valence-electron chi connectivity index (χ0n) is 60.6. The van der Waals surface area contributed by atoms with E-state index >= 15 is 0 Å². The van der Waals surface area contributed by atoms with E-state index < -0.39 is 79.0 Å². The van der Waals surface area contributed by atoms with Crippen molar-refractivity contribution in [2.75, 3.05) is 69.3 Å². The molecule has 6 aromatic carbocycles. The van der Waals surface area contributed by atoms with Crippen LogP contribution in [0.2, 0.25) is 0 Å². The van der Waals surface area contributed by atoms with Gasteiger partial charge in [-0.2, -0.15) is 0 Å². The van der Waals surface area contributed by atoms with Crippen molar-refractivity contribution >= 4 is 76.0 Å². The van der Waals surface area contributed by atoms with Gasteiger partial charge < -0.3 is 74.8 Å². The molecule has 5 atom stereocenters. The molecule has 13 rings (SSSR count). The summed E-state index contributed by atoms with van der Waals surface area (Å²) in [4.78, 5) is 129. The lowest BCUT2D eigenvalue weighted by atomic mass is 9.95. The lowest BCUT2D eigenvalue weighted by Gasteiger charge is -2.31. The number of aromatic nitrogens is 3. The van der Waals surface area contributed by atoms with Crippen molar-refractivity contribution in [3.8, 4) is 51.3 Å². The third-order valence-corrected chi connectivity index (χ3v) is 20.6. The van der Waals surface area contributed by atoms with Gasteiger partial charge in [0.1, 0.15) is 30.1 Å². The number of fused-ring (bicyclic) bond motifs is 9. The topological polar surface area (TPSA) is 333 Å². The van der Waals surface area contributed by atoms with Crippen LogP contribution >= 0.6 is 0 Å². The number of ether oxygens (including phenoxy) is 6. The van der Waals surface area contributed by atoms with Crippen molar-refractivity contribution in [2.24, 2.45) is 18.4 Å². The van der Waals surface area contributed by atoms with Gasteiger partial charge in [-0.25, -0.2) is 14.4 Å². The number of anilines is 3. The van der Waals surface area contributed by atoms with E-state index in [0.29, 0.717) is 65.5 Å². The second-order valence-corrected chi connectivity index (χ2v) is 28.1. The zero-order chi connectivity index (χ0) is 75.4. The summed E-state index contributed by atoms with van der Waals surface area (Å²) in [5, 5.41) is 33.9. The number of methoxy groups -OCH3 is 3. The van der Waals surface area contributed by atoms with Crippen LogP contribution in [-0.2, 0) is 60.1 Å². The van der Waals surface area contributed by atoms with E-state index in [0.717, 1.165) is 75.4 Å². The van der Waals surface area contributed by atoms with Crippen LogP contribution in [0.1, 0.15) is 115 Å². The number of aliphatic hydroxyl groups excluding tert-OH is 1. The van der Waals surface area contributed by atoms with Crippen molar-refractivity contribution in [1.29, 1.82) is 0 Å². The maximum atomic E-state index is 14.5. The van der Waals surface area contributed by atoms with Crippen molar-refractivity contribution in [3.63, 3.8) is 0 Å². The maximum Gasteiger partial charge on any atom is 0.416 e. The first-order chi connectivity index (χ1) is 51.6. The van der Waals surface area contributed by atoms with E-state index in [4.69, 9.17) is 28.4 Å². The number of hydrogen-bond donors (Lipinski definition) is 6. The zero-order valence-corrected chi connectivity index (χ0v) is 60.6. The predicted octanol–water partition coefficient (Wildman–Crippen LogP) is 7.84. The third-order valence-electron chi connectivity index (χ3n) is 20.6. The smallest absolute Gasteiger partial charge is 0.416 e. The van der Waals surface area contributed by atoms with E-state index in [1.165, 1.54) is 33.3 Å². The molecule has 107 heavy (non-hydrogen) atoms. The Hall–Kier alpha value is -11.8. The molecular formula is C79H86N12O16. The van der Waals surface area contributed by atoms with Gasteiger partial charge in [-0.05, 0) is 133 Å². The van der Waals surface area contributed by atoms with Crippen LogP contribution < -0.4 is 60.1 Å². The molecule has 5 aliphatic heterocycles. The summed E-state index contributed by atoms with van der Waals surface area (Å²) in [5.74, 6) is -2.39. The summed E-state index contributed by atoms with van der Waals surface area (Å²) < 4.78 is 37.0. The molecular weight excluding hydrogens is 1370 g/mol. The molecule has 6 heterocycles. The minimum Gasteiger partial charge on any atom is -0.497 e. The van der Waals surface area contributed by atoms with Crippen LogP contribution in [0.15, 0.2) is 128 Å². The molecule has 6 aliphatic rings. The Balaban J connectivity index is 0.570. The van der Waals surface area contributed by atoms with Gasteiger partial charge in [0.25, 0.3) is 11.8 Å². The average molecular weight is 1460 g/mol. The third kappa shape index (κ3) is 15.8. The van der Waals surface area contributed by atoms with E-state index in [1.807, 2.05) is 90.0 Å². The number of hydrogen-bond acceptors (Lipinski definition) is 18. The first-order valence-electron chi connectivity index (χ1n) is 35.8. The number of nitrogens with one attached hydrogen (secondary N) is 5. The van der Waals surface area contributed by atoms with Crippen LogP contribution in [0.3, 0.4) is 0 Å². The SMILES string of the molecule is COc1ccc(C2=CN3C(=O)c4cc(OC)c(OCCCOc5cc6c(cc5OC)C(=O)N5CC7(CC7)C[C@H]5[C@H](O)N6C(=O)OCc5ccc(NC(=O)[C@H](C)NC(=O)[C@@H](NC(=O)CNC(=O)CNC(=O)CCC(=O)N6Cc7ccccc7-c7nnn(C)c7-c7ccccc76)C(C)C)cc5)cc4CC[C@@H]3C2)cc1. The summed E-state index contributed by atoms with van der Waals surface area (Å²) in [7, 11) is 6.38. The molecule has 1 saturated heterocycles. The molecule has 1 aliphatic carbocycles. The second-order valence-electron chi connectivity index (χ2n) is 28.1. The Bertz CT molecular complexity index is 4650. The summed E-state index contributed by atoms with van der Waals surface area (Å²) in [6, 6.07) is 33.0. The molecule has 7 aromatic rings. The quantitative estimate of drug-likeness (QED) is 0.0297. The number of rotatable bonds is 25. The number of aryl methyl sites for hydroxylation is 2. The number of benzene rings is 6. The Morgan fingerprint density at radius 3 is 2.07 bits per heavy atom. The van der Waals surface area contributed by atoms with E-state index in [2.05, 4.69) is 36.9 Å². The van der Waals surface area contributed by atoms with Gasteiger partial charge in [0.05, 0.1) is 82.9 Å². The Kier molecular flexibility index (Phi) is 21.6. The fourth-order valence-corrected chi connectivity index (χ4v) is 14.6. The molecule has 1 saturated carbocycles. The van der Waals surface area contributed by atoms with Gasteiger partial charge in [0.15, 0.2) is 29.2 Å². The molecule has 0 radical (unpaired) electrons. The van der Waals surface area contributed by atoms with Crippen LogP contribution in [-0.4, -0.2) is 168 Å². The second kappa shape index (κ2) is 31.5. The monoisotopic (exact) mass is 1460 g/mol. The van der Waals surface area contributed by atoms with E-state index in [9.17, 15) is 48.3 Å². The number of nitrogens with zero attached hydrogens (tertiary/aromatic N) is 7. The predicted molar refractivity (Wildman–Crippen MR) is 393 cm³/mol. The van der Waals surface area contributed by atoms with Crippen molar-refractivity contribution in [1.82, 2.24) is 46.1 Å². The normalized spacial score (nSPS) is 17.6. The van der Waals surface area contributed by atoms with E-state index in [1.54, 1.807) is 72.8 Å². The fraction of sp³-hybridized carbons (Fsp3) is 0.380. The van der Waals surface area contributed by atoms with Crippen molar-refractivity contribution < 1.29 is 76.7 Å². The minimum absolute atomic E-state index is 0.00196. The molecule has 28 heteroatoms. The van der Waals surface area contributed by atoms with Crippen molar-refractivity contribution in [2.45, 2.75) is 122 Å². The largest absolute Gasteiger partial charge is 0.497 e. The van der Waals surface area contributed by atoms with Gasteiger partial charge in [-0.15, -0.1) is 5.10 Å². The summed E-state index contributed by atoms with van der Waals surface area (Å²) >= 11 is 0. The first kappa shape index (κ1) is 73.5. The lowest BCUT2D eigenvalue weighted by molar-refractivity contribution is -0.132. The summed E-state index contributed by atoms with van der Waals surface area (Å²) in [5.41, 5.74) is 8.92. The number of aliphatic hydroxyl groups is 1. The van der Waals surface area contributed by atoms with Gasteiger partial charge in [0, 0.05) is 73.5 Å². The highest BCUT2D eigenvalue weighted by molar-refractivity contribution is 6.07. The lowest BCUT2D eigenvalue weighted by Crippen LogP contribution is -2.55. The van der Waals surface area contributed by atoms with Crippen molar-refractivity contribution in [3.05, 3.63) is 161 Å². The van der Waals surface area contributed by atoms with Crippen LogP contribution in [0.4, 0.5) is 21.9 Å². The maximum absolute atomic E-state index is 14.5. The highest BCUT2D eigenvalue weighted by atomic mass is 16.6. The number of para-hydroxylation sites is 1. The van der Waals surface area contributed by atoms with E-state index in [-0.39, 0.29) is 91.1 Å². The first-order valence-corrected chi connectivity index (χ1v) is 35.8. The number of carbonyl (C=O) groups is 9. The summed E-state index contributed by atoms with van der Waals surface area (Å²) in [6.45, 7) is 4.50. The minimum atomic E-state index is -1.50. The number of carbonyl (C=O) groups excluding carboxylic acids is 9. The Morgan fingerprint density at radius 1 is 0.682 bits per heavy atom. The van der Waals surface area contributed by atoms with Crippen LogP contribution in [0.25, 0.3) is 28.1 Å². The van der Waals surface area contributed by atoms with Gasteiger partial charge in [-0.3, -0.25) is 38.4 Å². The van der Waals surface area contributed by atoms with Gasteiger partial charge in [-0.1, -0.05) is 85.8 Å². The van der Waals surface area contributed by atoms with Gasteiger partial charge in [0.2, 0.25) is 35.4 Å². The molecule has 0 bridgehead atoms. The standard InChI is InChI=1S/C79H86N12O16/c1-45(2)70(84-68(94)40-81-67(93)39-80-66(92)27-28-69(95)89-41-50-13-8-9-14-55(50)71-72(87(4)86-85-71)56-15-10-11-16-59(56)89)74(97)82-46(3)73(96)83-52-22-17-47(18-23-52)43-107-78(101)91-60-37-65(63(104-7)36-58(60)76(99)90-44-79(29-30-79)38-61(90)77(91)100)106-32-12-31-105-64-34-49-19-24-53-33-51(48-20-25-54(102-5)26-21-48)42-88(53)75(98)57(49)35-62(64)103-6/h8-11,13-18,20-23,25-26,34-37,42,45-46,53,61,70,77,100H,12,19,24,27-33,38-41,43-44H2,1-7H3,(H,80,92)(H,81,93)(H,82,97)(H,83,96)(H,84,94)/t46-,53+,61-,70-,77-/m0/s1. The summed E-state index contributed by atoms with van der Waals surface area (Å²) in [6.07, 6.45) is 3.90. The molecule has 558 valence electrons. The average Bonchev–Trinajstić information content (AvgIpc) is 1.57. The van der Waals surface area contributed by atoms with Crippen LogP contribution in [0, 0.1) is 11.3 Å². The highest BCUT2D eigenvalue weighted by Crippen LogP contribution is 2.57. The molecule has 2 fully saturated rings. The highest BCUT2D eigenvalue weighted by Gasteiger charge is 2.58. The van der Waals surface area contributed by atoms with Gasteiger partial charge >= 0.3 is 6.09 Å². The fourth-order valence-electron chi connectivity index (χ4n) is 14.6. The molecule has 9 amide bonds. The molecule has 28 nitrogen and oxygen atoms in total.